The number of halogens is 2. The van der Waals surface area contributed by atoms with Gasteiger partial charge in [-0.25, -0.2) is 0 Å². The third kappa shape index (κ3) is 2.82. The Morgan fingerprint density at radius 2 is 2.22 bits per heavy atom. The molecule has 96 valence electrons. The van der Waals surface area contributed by atoms with Crippen LogP contribution in [0.1, 0.15) is 38.2 Å². The van der Waals surface area contributed by atoms with Crippen LogP contribution in [-0.2, 0) is 6.42 Å². The van der Waals surface area contributed by atoms with E-state index in [9.17, 15) is 5.26 Å². The summed E-state index contributed by atoms with van der Waals surface area (Å²) in [7, 11) is 0. The first kappa shape index (κ1) is 13.7. The molecule has 18 heavy (non-hydrogen) atoms. The molecule has 0 aliphatic heterocycles. The minimum Gasteiger partial charge on any atom is -0.198 e. The molecule has 1 saturated carbocycles. The lowest BCUT2D eigenvalue weighted by molar-refractivity contribution is 0.381. The fraction of sp³-hybridized carbons (Fsp3) is 0.533. The van der Waals surface area contributed by atoms with E-state index < -0.39 is 0 Å². The number of benzene rings is 1. The van der Waals surface area contributed by atoms with E-state index in [1.807, 2.05) is 12.1 Å². The Morgan fingerprint density at radius 1 is 1.44 bits per heavy atom. The maximum absolute atomic E-state index is 9.52. The summed E-state index contributed by atoms with van der Waals surface area (Å²) in [5, 5.41) is 10.8. The summed E-state index contributed by atoms with van der Waals surface area (Å²) in [6.07, 6.45) is 5.06. The van der Waals surface area contributed by atoms with E-state index in [4.69, 9.17) is 23.2 Å². The molecule has 1 aromatic carbocycles. The largest absolute Gasteiger partial charge is 0.198 e. The van der Waals surface area contributed by atoms with E-state index >= 15 is 0 Å². The van der Waals surface area contributed by atoms with Crippen LogP contribution in [0.15, 0.2) is 18.2 Å². The molecule has 2 unspecified atom stereocenters. The van der Waals surface area contributed by atoms with Gasteiger partial charge in [-0.1, -0.05) is 42.6 Å². The summed E-state index contributed by atoms with van der Waals surface area (Å²) in [6.45, 7) is 2.20. The maximum Gasteiger partial charge on any atom is 0.0693 e. The second kappa shape index (κ2) is 5.51. The second-order valence-corrected chi connectivity index (χ2v) is 6.17. The van der Waals surface area contributed by atoms with Crippen molar-refractivity contribution < 1.29 is 0 Å². The average molecular weight is 282 g/mol. The highest BCUT2D eigenvalue weighted by Crippen LogP contribution is 2.45. The van der Waals surface area contributed by atoms with Crippen LogP contribution >= 0.6 is 23.2 Å². The summed E-state index contributed by atoms with van der Waals surface area (Å²) in [4.78, 5) is 0. The van der Waals surface area contributed by atoms with Crippen LogP contribution in [0.25, 0.3) is 0 Å². The minimum absolute atomic E-state index is 0.224. The Bertz CT molecular complexity index is 478. The first-order chi connectivity index (χ1) is 8.58. The summed E-state index contributed by atoms with van der Waals surface area (Å²) in [5.74, 6) is 0.690. The summed E-state index contributed by atoms with van der Waals surface area (Å²) in [6, 6.07) is 8.09. The van der Waals surface area contributed by atoms with Crippen molar-refractivity contribution >= 4 is 23.2 Å². The first-order valence-corrected chi connectivity index (χ1v) is 7.19. The highest BCUT2D eigenvalue weighted by atomic mass is 35.5. The van der Waals surface area contributed by atoms with Gasteiger partial charge in [-0.15, -0.1) is 0 Å². The second-order valence-electron chi connectivity index (χ2n) is 5.32. The molecule has 1 aliphatic carbocycles. The van der Waals surface area contributed by atoms with Gasteiger partial charge < -0.3 is 0 Å². The Kier molecular flexibility index (Phi) is 4.20. The van der Waals surface area contributed by atoms with Crippen LogP contribution in [0, 0.1) is 22.7 Å². The Labute approximate surface area is 119 Å². The molecule has 0 radical (unpaired) electrons. The number of hydrogen-bond acceptors (Lipinski definition) is 1. The smallest absolute Gasteiger partial charge is 0.0693 e. The first-order valence-electron chi connectivity index (χ1n) is 6.44. The lowest BCUT2D eigenvalue weighted by atomic mass is 9.80. The van der Waals surface area contributed by atoms with Crippen LogP contribution in [0.3, 0.4) is 0 Å². The predicted octanol–water partition coefficient (Wildman–Crippen LogP) is 5.26. The van der Waals surface area contributed by atoms with Gasteiger partial charge in [0.15, 0.2) is 0 Å². The van der Waals surface area contributed by atoms with Gasteiger partial charge in [0.25, 0.3) is 0 Å². The van der Waals surface area contributed by atoms with E-state index in [0.717, 1.165) is 37.7 Å². The quantitative estimate of drug-likeness (QED) is 0.742. The van der Waals surface area contributed by atoms with Crippen molar-refractivity contribution in [2.24, 2.45) is 11.3 Å². The summed E-state index contributed by atoms with van der Waals surface area (Å²) < 4.78 is 0. The number of nitriles is 1. The Morgan fingerprint density at radius 3 is 2.78 bits per heavy atom. The maximum atomic E-state index is 9.52. The van der Waals surface area contributed by atoms with Crippen molar-refractivity contribution in [3.63, 3.8) is 0 Å². The zero-order valence-electron chi connectivity index (χ0n) is 10.5. The van der Waals surface area contributed by atoms with Crippen molar-refractivity contribution in [1.29, 1.82) is 5.26 Å². The van der Waals surface area contributed by atoms with E-state index in [1.54, 1.807) is 6.07 Å². The van der Waals surface area contributed by atoms with Gasteiger partial charge in [0.2, 0.25) is 0 Å². The SMILES string of the molecule is CCC1CCC(C#N)(Cc2ccc(Cl)cc2Cl)C1. The van der Waals surface area contributed by atoms with Crippen LogP contribution in [0.2, 0.25) is 10.0 Å². The molecule has 0 heterocycles. The number of hydrogen-bond donors (Lipinski definition) is 0. The predicted molar refractivity (Wildman–Crippen MR) is 75.8 cm³/mol. The molecule has 0 spiro atoms. The van der Waals surface area contributed by atoms with E-state index in [2.05, 4.69) is 13.0 Å². The molecule has 1 nitrogen and oxygen atoms in total. The third-order valence-electron chi connectivity index (χ3n) is 4.07. The van der Waals surface area contributed by atoms with Gasteiger partial charge in [-0.05, 0) is 49.3 Å². The number of rotatable bonds is 3. The highest BCUT2D eigenvalue weighted by molar-refractivity contribution is 6.35. The van der Waals surface area contributed by atoms with Crippen LogP contribution in [0.4, 0.5) is 0 Å². The zero-order chi connectivity index (χ0) is 13.2. The molecular weight excluding hydrogens is 265 g/mol. The molecule has 0 amide bonds. The van der Waals surface area contributed by atoms with Gasteiger partial charge in [0, 0.05) is 10.0 Å². The zero-order valence-corrected chi connectivity index (χ0v) is 12.1. The Balaban J connectivity index is 2.19. The van der Waals surface area contributed by atoms with Crippen molar-refractivity contribution in [3.8, 4) is 6.07 Å². The van der Waals surface area contributed by atoms with Crippen LogP contribution < -0.4 is 0 Å². The third-order valence-corrected chi connectivity index (χ3v) is 4.66. The molecule has 1 aliphatic rings. The summed E-state index contributed by atoms with van der Waals surface area (Å²) >= 11 is 12.1. The Hall–Kier alpha value is -0.710. The van der Waals surface area contributed by atoms with Gasteiger partial charge in [0.1, 0.15) is 0 Å². The number of nitrogens with zero attached hydrogens (tertiary/aromatic N) is 1. The molecule has 2 atom stereocenters. The molecule has 0 saturated heterocycles. The van der Waals surface area contributed by atoms with Gasteiger partial charge in [0.05, 0.1) is 11.5 Å². The molecular formula is C15H17Cl2N. The average Bonchev–Trinajstić information content (AvgIpc) is 2.77. The topological polar surface area (TPSA) is 23.8 Å². The molecule has 2 rings (SSSR count). The molecule has 1 fully saturated rings. The molecule has 0 N–H and O–H groups in total. The van der Waals surface area contributed by atoms with Crippen molar-refractivity contribution in [3.05, 3.63) is 33.8 Å². The van der Waals surface area contributed by atoms with E-state index in [0.29, 0.717) is 16.0 Å². The fourth-order valence-electron chi connectivity index (χ4n) is 2.92. The molecule has 3 heteroatoms. The van der Waals surface area contributed by atoms with Crippen molar-refractivity contribution in [1.82, 2.24) is 0 Å². The summed E-state index contributed by atoms with van der Waals surface area (Å²) in [5.41, 5.74) is 0.817. The standard InChI is InChI=1S/C15H17Cl2N/c1-2-11-5-6-15(8-11,10-18)9-12-3-4-13(16)7-14(12)17/h3-4,7,11H,2,5-6,8-9H2,1H3. The van der Waals surface area contributed by atoms with E-state index in [-0.39, 0.29) is 5.41 Å². The fourth-order valence-corrected chi connectivity index (χ4v) is 3.39. The molecule has 1 aromatic rings. The van der Waals surface area contributed by atoms with Gasteiger partial charge in [-0.2, -0.15) is 5.26 Å². The van der Waals surface area contributed by atoms with Crippen LogP contribution in [-0.4, -0.2) is 0 Å². The van der Waals surface area contributed by atoms with Crippen LogP contribution in [0.5, 0.6) is 0 Å². The van der Waals surface area contributed by atoms with Crippen molar-refractivity contribution in [2.75, 3.05) is 0 Å². The lowest BCUT2D eigenvalue weighted by Gasteiger charge is -2.21. The van der Waals surface area contributed by atoms with Gasteiger partial charge >= 0.3 is 0 Å². The van der Waals surface area contributed by atoms with E-state index in [1.165, 1.54) is 0 Å². The molecule has 0 aromatic heterocycles. The highest BCUT2D eigenvalue weighted by Gasteiger charge is 2.39. The lowest BCUT2D eigenvalue weighted by Crippen LogP contribution is -2.18. The molecule has 0 bridgehead atoms. The minimum atomic E-state index is -0.224. The monoisotopic (exact) mass is 281 g/mol. The van der Waals surface area contributed by atoms with Gasteiger partial charge in [-0.3, -0.25) is 0 Å². The normalized spacial score (nSPS) is 27.1. The van der Waals surface area contributed by atoms with Crippen molar-refractivity contribution in [2.45, 2.75) is 39.0 Å².